The molecule has 7 heteroatoms. The van der Waals surface area contributed by atoms with Gasteiger partial charge in [-0.15, -0.1) is 11.3 Å². The van der Waals surface area contributed by atoms with Crippen LogP contribution in [0.2, 0.25) is 0 Å². The third-order valence-electron chi connectivity index (χ3n) is 6.38. The fourth-order valence-electron chi connectivity index (χ4n) is 4.54. The van der Waals surface area contributed by atoms with Gasteiger partial charge in [0.2, 0.25) is 0 Å². The average Bonchev–Trinajstić information content (AvgIpc) is 3.27. The van der Waals surface area contributed by atoms with E-state index in [9.17, 15) is 9.18 Å². The van der Waals surface area contributed by atoms with Crippen LogP contribution in [0.15, 0.2) is 48.5 Å². The van der Waals surface area contributed by atoms with E-state index in [4.69, 9.17) is 4.74 Å². The largest absolute Gasteiger partial charge is 0.488 e. The van der Waals surface area contributed by atoms with Crippen molar-refractivity contribution in [3.63, 3.8) is 0 Å². The summed E-state index contributed by atoms with van der Waals surface area (Å²) >= 11 is 1.55. The molecule has 0 saturated carbocycles. The number of rotatable bonds is 6. The Labute approximate surface area is 197 Å². The lowest BCUT2D eigenvalue weighted by Crippen LogP contribution is -2.47. The summed E-state index contributed by atoms with van der Waals surface area (Å²) in [5.74, 6) is 0.692. The van der Waals surface area contributed by atoms with Gasteiger partial charge < -0.3 is 15.0 Å². The van der Waals surface area contributed by atoms with Crippen molar-refractivity contribution in [3.05, 3.63) is 70.4 Å². The van der Waals surface area contributed by atoms with Crippen molar-refractivity contribution in [1.82, 2.24) is 10.2 Å². The topological polar surface area (TPSA) is 44.8 Å². The monoisotopic (exact) mass is 465 g/mol. The number of anilines is 1. The zero-order valence-electron chi connectivity index (χ0n) is 18.8. The van der Waals surface area contributed by atoms with E-state index in [0.717, 1.165) is 71.5 Å². The number of carbonyl (C=O) groups is 1. The predicted molar refractivity (Wildman–Crippen MR) is 131 cm³/mol. The number of nitrogens with zero attached hydrogens (tertiary/aromatic N) is 2. The lowest BCUT2D eigenvalue weighted by molar-refractivity contribution is 0.0955. The standard InChI is InChI=1S/C26H28FN3O2S/c1-18-4-2-5-22-24(18)25-19(17-32-22)16-23(33-25)26(31)28-10-3-11-29-12-14-30(15-13-29)21-8-6-20(27)7-9-21/h2,4-9,16H,3,10-15,17H2,1H3,(H,28,31). The Hall–Kier alpha value is -2.90. The van der Waals surface area contributed by atoms with Crippen molar-refractivity contribution in [3.8, 4) is 16.2 Å². The molecule has 0 unspecified atom stereocenters. The lowest BCUT2D eigenvalue weighted by Gasteiger charge is -2.36. The second kappa shape index (κ2) is 9.53. The molecule has 0 atom stereocenters. The number of hydrogen-bond acceptors (Lipinski definition) is 5. The van der Waals surface area contributed by atoms with Crippen LogP contribution in [0, 0.1) is 12.7 Å². The molecule has 1 N–H and O–H groups in total. The second-order valence-corrected chi connectivity index (χ2v) is 9.67. The van der Waals surface area contributed by atoms with E-state index in [1.165, 1.54) is 17.7 Å². The minimum Gasteiger partial charge on any atom is -0.488 e. The number of carbonyl (C=O) groups excluding carboxylic acids is 1. The Balaban J connectivity index is 1.09. The highest BCUT2D eigenvalue weighted by Gasteiger charge is 2.24. The van der Waals surface area contributed by atoms with Crippen LogP contribution in [0.4, 0.5) is 10.1 Å². The number of nitrogens with one attached hydrogen (secondary N) is 1. The summed E-state index contributed by atoms with van der Waals surface area (Å²) in [4.78, 5) is 19.4. The minimum absolute atomic E-state index is 0.00865. The summed E-state index contributed by atoms with van der Waals surface area (Å²) in [5.41, 5.74) is 4.44. The Kier molecular flexibility index (Phi) is 6.33. The summed E-state index contributed by atoms with van der Waals surface area (Å²) in [6, 6.07) is 14.8. The first kappa shape index (κ1) is 21.9. The maximum absolute atomic E-state index is 13.1. The Morgan fingerprint density at radius 1 is 1.12 bits per heavy atom. The van der Waals surface area contributed by atoms with Gasteiger partial charge in [0.25, 0.3) is 5.91 Å². The van der Waals surface area contributed by atoms with E-state index in [-0.39, 0.29) is 11.7 Å². The van der Waals surface area contributed by atoms with Crippen LogP contribution in [0.1, 0.15) is 27.2 Å². The number of halogens is 1. The van der Waals surface area contributed by atoms with E-state index in [0.29, 0.717) is 13.2 Å². The van der Waals surface area contributed by atoms with Gasteiger partial charge in [-0.3, -0.25) is 9.69 Å². The van der Waals surface area contributed by atoms with Crippen LogP contribution < -0.4 is 15.0 Å². The molecule has 5 rings (SSSR count). The Morgan fingerprint density at radius 2 is 1.91 bits per heavy atom. The van der Waals surface area contributed by atoms with Crippen LogP contribution in [0.25, 0.3) is 10.4 Å². The summed E-state index contributed by atoms with van der Waals surface area (Å²) in [5, 5.41) is 3.08. The van der Waals surface area contributed by atoms with Crippen molar-refractivity contribution in [1.29, 1.82) is 0 Å². The molecule has 0 spiro atoms. The SMILES string of the molecule is Cc1cccc2c1-c1sc(C(=O)NCCCN3CCN(c4ccc(F)cc4)CC3)cc1CO2. The fraction of sp³-hybridized carbons (Fsp3) is 0.346. The predicted octanol–water partition coefficient (Wildman–Crippen LogP) is 4.70. The van der Waals surface area contributed by atoms with E-state index < -0.39 is 0 Å². The van der Waals surface area contributed by atoms with Crippen LogP contribution in [0.3, 0.4) is 0 Å². The average molecular weight is 466 g/mol. The van der Waals surface area contributed by atoms with Gasteiger partial charge in [-0.1, -0.05) is 12.1 Å². The van der Waals surface area contributed by atoms with E-state index in [1.807, 2.05) is 30.3 Å². The molecule has 1 amide bonds. The number of ether oxygens (including phenoxy) is 1. The smallest absolute Gasteiger partial charge is 0.261 e. The lowest BCUT2D eigenvalue weighted by atomic mass is 10.0. The summed E-state index contributed by atoms with van der Waals surface area (Å²) in [7, 11) is 0. The van der Waals surface area contributed by atoms with Crippen LogP contribution in [-0.2, 0) is 6.61 Å². The number of fused-ring (bicyclic) bond motifs is 3. The third kappa shape index (κ3) is 4.75. The summed E-state index contributed by atoms with van der Waals surface area (Å²) in [6.45, 7) is 8.02. The highest BCUT2D eigenvalue weighted by molar-refractivity contribution is 7.17. The van der Waals surface area contributed by atoms with Crippen molar-refractivity contribution < 1.29 is 13.9 Å². The summed E-state index contributed by atoms with van der Waals surface area (Å²) < 4.78 is 19.0. The van der Waals surface area contributed by atoms with Crippen molar-refractivity contribution >= 4 is 22.9 Å². The molecule has 0 bridgehead atoms. The van der Waals surface area contributed by atoms with E-state index in [2.05, 4.69) is 28.1 Å². The Morgan fingerprint density at radius 3 is 2.70 bits per heavy atom. The number of hydrogen-bond donors (Lipinski definition) is 1. The molecule has 1 aromatic heterocycles. The molecule has 5 nitrogen and oxygen atoms in total. The molecule has 1 saturated heterocycles. The van der Waals surface area contributed by atoms with Crippen LogP contribution in [-0.4, -0.2) is 50.1 Å². The molecule has 172 valence electrons. The van der Waals surface area contributed by atoms with Gasteiger partial charge in [-0.05, 0) is 61.9 Å². The van der Waals surface area contributed by atoms with Gasteiger partial charge in [-0.2, -0.15) is 0 Å². The number of amides is 1. The van der Waals surface area contributed by atoms with E-state index >= 15 is 0 Å². The molecule has 1 fully saturated rings. The van der Waals surface area contributed by atoms with Gasteiger partial charge in [0, 0.05) is 54.4 Å². The number of thiophene rings is 1. The molecule has 2 aliphatic rings. The maximum atomic E-state index is 13.1. The molecule has 3 heterocycles. The minimum atomic E-state index is -0.199. The van der Waals surface area contributed by atoms with Crippen molar-refractivity contribution in [2.45, 2.75) is 20.0 Å². The molecular weight excluding hydrogens is 437 g/mol. The maximum Gasteiger partial charge on any atom is 0.261 e. The third-order valence-corrected chi connectivity index (χ3v) is 7.57. The van der Waals surface area contributed by atoms with Gasteiger partial charge in [0.1, 0.15) is 18.2 Å². The molecule has 2 aliphatic heterocycles. The summed E-state index contributed by atoms with van der Waals surface area (Å²) in [6.07, 6.45) is 0.915. The van der Waals surface area contributed by atoms with E-state index in [1.54, 1.807) is 11.3 Å². The first-order valence-electron chi connectivity index (χ1n) is 11.4. The zero-order valence-corrected chi connectivity index (χ0v) is 19.6. The van der Waals surface area contributed by atoms with Crippen molar-refractivity contribution in [2.24, 2.45) is 0 Å². The highest BCUT2D eigenvalue weighted by Crippen LogP contribution is 2.44. The molecule has 3 aromatic rings. The molecule has 2 aromatic carbocycles. The van der Waals surface area contributed by atoms with Crippen LogP contribution >= 0.6 is 11.3 Å². The van der Waals surface area contributed by atoms with Gasteiger partial charge in [-0.25, -0.2) is 4.39 Å². The number of piperazine rings is 1. The molecule has 0 radical (unpaired) electrons. The fourth-order valence-corrected chi connectivity index (χ4v) is 5.74. The first-order valence-corrected chi connectivity index (χ1v) is 12.3. The van der Waals surface area contributed by atoms with Crippen molar-refractivity contribution in [2.75, 3.05) is 44.2 Å². The Bertz CT molecular complexity index is 1140. The number of benzene rings is 2. The van der Waals surface area contributed by atoms with Gasteiger partial charge in [0.05, 0.1) is 4.88 Å². The first-order chi connectivity index (χ1) is 16.1. The second-order valence-electron chi connectivity index (χ2n) is 8.62. The van der Waals surface area contributed by atoms with Gasteiger partial charge >= 0.3 is 0 Å². The van der Waals surface area contributed by atoms with Crippen LogP contribution in [0.5, 0.6) is 5.75 Å². The molecule has 33 heavy (non-hydrogen) atoms. The number of aryl methyl sites for hydroxylation is 1. The van der Waals surface area contributed by atoms with Gasteiger partial charge in [0.15, 0.2) is 0 Å². The molecular formula is C26H28FN3O2S. The quantitative estimate of drug-likeness (QED) is 0.536. The zero-order chi connectivity index (χ0) is 22.8. The normalized spacial score (nSPS) is 15.5. The highest BCUT2D eigenvalue weighted by atomic mass is 32.1. The molecule has 0 aliphatic carbocycles.